The van der Waals surface area contributed by atoms with Gasteiger partial charge in [0.15, 0.2) is 11.5 Å². The average Bonchev–Trinajstić information content (AvgIpc) is 2.80. The van der Waals surface area contributed by atoms with Crippen LogP contribution in [0.5, 0.6) is 11.5 Å². The molecule has 3 rings (SSSR count). The van der Waals surface area contributed by atoms with Crippen molar-refractivity contribution in [3.05, 3.63) is 18.0 Å². The van der Waals surface area contributed by atoms with E-state index in [9.17, 15) is 0 Å². The number of aryl methyl sites for hydroxylation is 1. The van der Waals surface area contributed by atoms with Crippen molar-refractivity contribution in [3.8, 4) is 11.5 Å². The molecule has 0 saturated carbocycles. The zero-order chi connectivity index (χ0) is 13.9. The van der Waals surface area contributed by atoms with E-state index < -0.39 is 0 Å². The largest absolute Gasteiger partial charge is 0.486 e. The lowest BCUT2D eigenvalue weighted by atomic mass is 10.2. The number of benzene rings is 1. The van der Waals surface area contributed by atoms with E-state index in [1.807, 2.05) is 12.1 Å². The van der Waals surface area contributed by atoms with E-state index in [1.165, 1.54) is 0 Å². The van der Waals surface area contributed by atoms with Crippen LogP contribution in [-0.4, -0.2) is 29.3 Å². The number of fused-ring (bicyclic) bond motifs is 2. The molecule has 0 spiro atoms. The van der Waals surface area contributed by atoms with Gasteiger partial charge in [-0.3, -0.25) is 0 Å². The zero-order valence-electron chi connectivity index (χ0n) is 11.9. The molecule has 2 heterocycles. The Morgan fingerprint density at radius 2 is 2.00 bits per heavy atom. The van der Waals surface area contributed by atoms with Gasteiger partial charge in [-0.1, -0.05) is 13.3 Å². The third kappa shape index (κ3) is 2.33. The van der Waals surface area contributed by atoms with Gasteiger partial charge in [-0.25, -0.2) is 4.98 Å². The highest BCUT2D eigenvalue weighted by Gasteiger charge is 2.17. The third-order valence-corrected chi connectivity index (χ3v) is 3.60. The Labute approximate surface area is 118 Å². The Kier molecular flexibility index (Phi) is 3.78. The van der Waals surface area contributed by atoms with Crippen LogP contribution in [0.15, 0.2) is 12.1 Å². The standard InChI is InChI=1S/C15H21N3O2/c1-2-3-4-15-17-11-9-13-14(20-8-7-19-13)10-12(11)18(15)6-5-16/h9-10H,2-8,16H2,1H3. The number of rotatable bonds is 5. The Balaban J connectivity index is 2.07. The molecule has 0 unspecified atom stereocenters. The van der Waals surface area contributed by atoms with Crippen LogP contribution >= 0.6 is 0 Å². The fourth-order valence-electron chi connectivity index (χ4n) is 2.62. The number of imidazole rings is 1. The summed E-state index contributed by atoms with van der Waals surface area (Å²) in [5, 5.41) is 0. The summed E-state index contributed by atoms with van der Waals surface area (Å²) in [7, 11) is 0. The van der Waals surface area contributed by atoms with Crippen molar-refractivity contribution < 1.29 is 9.47 Å². The maximum absolute atomic E-state index is 5.74. The molecule has 5 nitrogen and oxygen atoms in total. The van der Waals surface area contributed by atoms with Crippen LogP contribution in [0.1, 0.15) is 25.6 Å². The number of unbranched alkanes of at least 4 members (excludes halogenated alkanes) is 1. The first-order chi connectivity index (χ1) is 9.83. The summed E-state index contributed by atoms with van der Waals surface area (Å²) in [6.07, 6.45) is 3.28. The molecule has 0 atom stereocenters. The van der Waals surface area contributed by atoms with Crippen molar-refractivity contribution in [1.29, 1.82) is 0 Å². The predicted molar refractivity (Wildman–Crippen MR) is 78.4 cm³/mol. The van der Waals surface area contributed by atoms with E-state index in [2.05, 4.69) is 11.5 Å². The molecule has 1 aromatic heterocycles. The zero-order valence-corrected chi connectivity index (χ0v) is 11.9. The Hall–Kier alpha value is -1.75. The van der Waals surface area contributed by atoms with Gasteiger partial charge in [-0.05, 0) is 6.42 Å². The van der Waals surface area contributed by atoms with Crippen LogP contribution in [0.25, 0.3) is 11.0 Å². The molecule has 108 valence electrons. The highest BCUT2D eigenvalue weighted by Crippen LogP contribution is 2.34. The molecule has 0 fully saturated rings. The highest BCUT2D eigenvalue weighted by molar-refractivity contribution is 5.80. The second-order valence-corrected chi connectivity index (χ2v) is 5.06. The molecule has 5 heteroatoms. The Morgan fingerprint density at radius 1 is 1.25 bits per heavy atom. The molecular weight excluding hydrogens is 254 g/mol. The average molecular weight is 275 g/mol. The number of hydrogen-bond donors (Lipinski definition) is 1. The first kappa shape index (κ1) is 13.2. The van der Waals surface area contributed by atoms with Gasteiger partial charge in [0.2, 0.25) is 0 Å². The van der Waals surface area contributed by atoms with Crippen LogP contribution < -0.4 is 15.2 Å². The Morgan fingerprint density at radius 3 is 2.70 bits per heavy atom. The van der Waals surface area contributed by atoms with Crippen molar-refractivity contribution in [2.75, 3.05) is 19.8 Å². The van der Waals surface area contributed by atoms with Gasteiger partial charge in [0.05, 0.1) is 11.0 Å². The first-order valence-corrected chi connectivity index (χ1v) is 7.32. The monoisotopic (exact) mass is 275 g/mol. The van der Waals surface area contributed by atoms with Crippen molar-refractivity contribution in [3.63, 3.8) is 0 Å². The second-order valence-electron chi connectivity index (χ2n) is 5.06. The van der Waals surface area contributed by atoms with Crippen molar-refractivity contribution in [2.45, 2.75) is 32.7 Å². The molecule has 0 bridgehead atoms. The molecule has 2 aromatic rings. The van der Waals surface area contributed by atoms with Gasteiger partial charge in [-0.15, -0.1) is 0 Å². The van der Waals surface area contributed by atoms with Gasteiger partial charge in [0, 0.05) is 31.6 Å². The third-order valence-electron chi connectivity index (χ3n) is 3.60. The van der Waals surface area contributed by atoms with Gasteiger partial charge in [-0.2, -0.15) is 0 Å². The lowest BCUT2D eigenvalue weighted by molar-refractivity contribution is 0.172. The molecular formula is C15H21N3O2. The van der Waals surface area contributed by atoms with E-state index in [0.717, 1.165) is 54.2 Å². The van der Waals surface area contributed by atoms with E-state index >= 15 is 0 Å². The van der Waals surface area contributed by atoms with Crippen LogP contribution in [-0.2, 0) is 13.0 Å². The maximum Gasteiger partial charge on any atom is 0.163 e. The van der Waals surface area contributed by atoms with Gasteiger partial charge in [0.25, 0.3) is 0 Å². The fraction of sp³-hybridized carbons (Fsp3) is 0.533. The number of aromatic nitrogens is 2. The molecule has 1 aliphatic rings. The SMILES string of the molecule is CCCCc1nc2cc3c(cc2n1CCN)OCCO3. The van der Waals surface area contributed by atoms with E-state index in [1.54, 1.807) is 0 Å². The minimum Gasteiger partial charge on any atom is -0.486 e. The summed E-state index contributed by atoms with van der Waals surface area (Å²) in [4.78, 5) is 4.75. The molecule has 0 aliphatic carbocycles. The predicted octanol–water partition coefficient (Wildman–Crippen LogP) is 2.11. The molecule has 0 radical (unpaired) electrons. The number of nitrogens with zero attached hydrogens (tertiary/aromatic N) is 2. The van der Waals surface area contributed by atoms with E-state index in [0.29, 0.717) is 19.8 Å². The number of hydrogen-bond acceptors (Lipinski definition) is 4. The minimum absolute atomic E-state index is 0.602. The molecule has 0 saturated heterocycles. The topological polar surface area (TPSA) is 62.3 Å². The summed E-state index contributed by atoms with van der Waals surface area (Å²) in [6.45, 7) is 4.79. The van der Waals surface area contributed by atoms with Crippen molar-refractivity contribution in [1.82, 2.24) is 9.55 Å². The van der Waals surface area contributed by atoms with Gasteiger partial charge in [0.1, 0.15) is 19.0 Å². The molecule has 1 aliphatic heterocycles. The van der Waals surface area contributed by atoms with Crippen LogP contribution in [0.4, 0.5) is 0 Å². The molecule has 1 aromatic carbocycles. The van der Waals surface area contributed by atoms with E-state index in [4.69, 9.17) is 20.2 Å². The number of ether oxygens (including phenoxy) is 2. The lowest BCUT2D eigenvalue weighted by Gasteiger charge is -2.18. The van der Waals surface area contributed by atoms with E-state index in [-0.39, 0.29) is 0 Å². The summed E-state index contributed by atoms with van der Waals surface area (Å²) in [5.41, 5.74) is 7.80. The summed E-state index contributed by atoms with van der Waals surface area (Å²) in [5.74, 6) is 2.71. The summed E-state index contributed by atoms with van der Waals surface area (Å²) >= 11 is 0. The van der Waals surface area contributed by atoms with Crippen LogP contribution in [0.2, 0.25) is 0 Å². The minimum atomic E-state index is 0.602. The molecule has 20 heavy (non-hydrogen) atoms. The Bertz CT molecular complexity index is 607. The quantitative estimate of drug-likeness (QED) is 0.907. The highest BCUT2D eigenvalue weighted by atomic mass is 16.6. The lowest BCUT2D eigenvalue weighted by Crippen LogP contribution is -2.15. The smallest absolute Gasteiger partial charge is 0.163 e. The number of nitrogens with two attached hydrogens (primary N) is 1. The normalized spacial score (nSPS) is 13.9. The fourth-order valence-corrected chi connectivity index (χ4v) is 2.62. The molecule has 2 N–H and O–H groups in total. The summed E-state index contributed by atoms with van der Waals surface area (Å²) < 4.78 is 13.5. The van der Waals surface area contributed by atoms with Crippen molar-refractivity contribution >= 4 is 11.0 Å². The van der Waals surface area contributed by atoms with Crippen LogP contribution in [0.3, 0.4) is 0 Å². The second kappa shape index (κ2) is 5.71. The van der Waals surface area contributed by atoms with Crippen molar-refractivity contribution in [2.24, 2.45) is 5.73 Å². The van der Waals surface area contributed by atoms with Crippen LogP contribution in [0, 0.1) is 0 Å². The van der Waals surface area contributed by atoms with Gasteiger partial charge < -0.3 is 19.8 Å². The first-order valence-electron chi connectivity index (χ1n) is 7.32. The van der Waals surface area contributed by atoms with Gasteiger partial charge >= 0.3 is 0 Å². The maximum atomic E-state index is 5.74. The summed E-state index contributed by atoms with van der Waals surface area (Å²) in [6, 6.07) is 4.01. The molecule has 0 amide bonds.